The van der Waals surface area contributed by atoms with Crippen LogP contribution >= 0.6 is 11.6 Å². The normalized spacial score (nSPS) is 25.3. The van der Waals surface area contributed by atoms with Gasteiger partial charge in [-0.25, -0.2) is 17.8 Å². The highest BCUT2D eigenvalue weighted by molar-refractivity contribution is 7.91. The second-order valence-electron chi connectivity index (χ2n) is 10.5. The third-order valence-corrected chi connectivity index (χ3v) is 9.49. The van der Waals surface area contributed by atoms with Crippen molar-refractivity contribution in [2.45, 2.75) is 52.3 Å². The molecule has 1 N–H and O–H groups in total. The minimum Gasteiger partial charge on any atom is -0.283 e. The summed E-state index contributed by atoms with van der Waals surface area (Å²) in [5, 5.41) is 7.21. The van der Waals surface area contributed by atoms with Gasteiger partial charge in [0.05, 0.1) is 23.2 Å². The Bertz CT molecular complexity index is 1500. The molecule has 2 aromatic rings. The zero-order valence-electron chi connectivity index (χ0n) is 22.7. The van der Waals surface area contributed by atoms with Gasteiger partial charge in [0.2, 0.25) is 0 Å². The van der Waals surface area contributed by atoms with E-state index in [9.17, 15) is 17.6 Å². The minimum atomic E-state index is -3.56. The molecule has 1 saturated carbocycles. The van der Waals surface area contributed by atoms with Gasteiger partial charge in [-0.05, 0) is 66.2 Å². The Kier molecular flexibility index (Phi) is 9.72. The van der Waals surface area contributed by atoms with Crippen molar-refractivity contribution in [1.82, 2.24) is 20.2 Å². The first-order valence-electron chi connectivity index (χ1n) is 13.8. The van der Waals surface area contributed by atoms with Crippen LogP contribution in [-0.4, -0.2) is 48.0 Å². The highest BCUT2D eigenvalue weighted by Crippen LogP contribution is 2.38. The molecule has 0 bridgehead atoms. The number of carbonyl (C=O) groups is 1. The van der Waals surface area contributed by atoms with Crippen molar-refractivity contribution in [2.24, 2.45) is 11.8 Å². The molecule has 7 nitrogen and oxygen atoms in total. The molecule has 2 fully saturated rings. The second-order valence-corrected chi connectivity index (χ2v) is 13.0. The van der Waals surface area contributed by atoms with Crippen LogP contribution in [0.15, 0.2) is 59.7 Å². The number of hydrogen-bond acceptors (Lipinski definition) is 5. The maximum absolute atomic E-state index is 13.6. The summed E-state index contributed by atoms with van der Waals surface area (Å²) in [4.78, 5) is 13.6. The van der Waals surface area contributed by atoms with Gasteiger partial charge in [-0.15, -0.1) is 0 Å². The van der Waals surface area contributed by atoms with Crippen LogP contribution in [0.4, 0.5) is 4.39 Å². The summed E-state index contributed by atoms with van der Waals surface area (Å²) in [5.74, 6) is -0.0975. The molecule has 1 aromatic heterocycles. The lowest BCUT2D eigenvalue weighted by atomic mass is 10.0. The molecule has 3 unspecified atom stereocenters. The topological polar surface area (TPSA) is 84.3 Å². The fourth-order valence-electron chi connectivity index (χ4n) is 6.05. The predicted octanol–water partition coefficient (Wildman–Crippen LogP) is 6.32. The van der Waals surface area contributed by atoms with E-state index in [4.69, 9.17) is 16.7 Å². The number of hydrazine groups is 1. The van der Waals surface area contributed by atoms with Crippen LogP contribution in [0.3, 0.4) is 0 Å². The average molecular weight is 601 g/mol. The van der Waals surface area contributed by atoms with E-state index in [2.05, 4.69) is 5.43 Å². The third kappa shape index (κ3) is 6.74. The largest absolute Gasteiger partial charge is 0.286 e. The number of nitrogens with one attached hydrogen (secondary N) is 1. The highest BCUT2D eigenvalue weighted by Gasteiger charge is 2.39. The number of sulfone groups is 1. The van der Waals surface area contributed by atoms with Crippen LogP contribution < -0.4 is 5.43 Å². The summed E-state index contributed by atoms with van der Waals surface area (Å²) >= 11 is 6.20. The Morgan fingerprint density at radius 3 is 2.46 bits per heavy atom. The molecule has 4 aliphatic rings. The lowest BCUT2D eigenvalue weighted by Gasteiger charge is -2.21. The van der Waals surface area contributed by atoms with E-state index in [0.29, 0.717) is 39.3 Å². The second kappa shape index (κ2) is 12.9. The van der Waals surface area contributed by atoms with Gasteiger partial charge in [-0.2, -0.15) is 5.10 Å². The number of allylic oxidation sites excluding steroid dienone is 6. The van der Waals surface area contributed by atoms with E-state index in [1.54, 1.807) is 35.0 Å². The molecule has 0 radical (unpaired) electrons. The van der Waals surface area contributed by atoms with E-state index in [0.717, 1.165) is 13.1 Å². The molecular formula is C31H38ClFN4O3S. The van der Waals surface area contributed by atoms with Gasteiger partial charge in [-0.3, -0.25) is 14.9 Å². The molecule has 41 heavy (non-hydrogen) atoms. The van der Waals surface area contributed by atoms with Crippen LogP contribution in [0.5, 0.6) is 0 Å². The van der Waals surface area contributed by atoms with Crippen LogP contribution in [0.1, 0.15) is 73.9 Å². The van der Waals surface area contributed by atoms with Crippen molar-refractivity contribution in [1.29, 1.82) is 0 Å². The Balaban J connectivity index is 0.00000126. The van der Waals surface area contributed by atoms with Crippen molar-refractivity contribution in [3.05, 3.63) is 88.0 Å². The lowest BCUT2D eigenvalue weighted by Crippen LogP contribution is -2.41. The van der Waals surface area contributed by atoms with Gasteiger partial charge in [0.25, 0.3) is 5.91 Å². The van der Waals surface area contributed by atoms with Crippen molar-refractivity contribution < 1.29 is 17.6 Å². The number of halogens is 2. The first-order chi connectivity index (χ1) is 19.3. The van der Waals surface area contributed by atoms with Crippen molar-refractivity contribution in [2.75, 3.05) is 18.8 Å². The number of benzene rings is 1. The molecule has 3 atom stereocenters. The van der Waals surface area contributed by atoms with E-state index in [1.807, 2.05) is 37.1 Å². The van der Waals surface area contributed by atoms with Gasteiger partial charge in [-0.1, -0.05) is 69.7 Å². The summed E-state index contributed by atoms with van der Waals surface area (Å²) < 4.78 is 41.4. The first kappa shape index (κ1) is 30.9. The third-order valence-electron chi connectivity index (χ3n) is 7.76. The number of hydrogen-bond donors (Lipinski definition) is 1. The molecule has 220 valence electrons. The zero-order chi connectivity index (χ0) is 28.4. The smallest absolute Gasteiger partial charge is 0.283 e. The maximum atomic E-state index is 13.6. The van der Waals surface area contributed by atoms with E-state index >= 15 is 0 Å². The summed E-state index contributed by atoms with van der Waals surface area (Å²) in [5.41, 5.74) is 5.24. The van der Waals surface area contributed by atoms with Gasteiger partial charge < -0.3 is 0 Å². The Hall–Kier alpha value is -3.01. The molecule has 2 aliphatic heterocycles. The lowest BCUT2D eigenvalue weighted by molar-refractivity contribution is 0.0807. The Morgan fingerprint density at radius 2 is 1.78 bits per heavy atom. The van der Waals surface area contributed by atoms with Gasteiger partial charge in [0.15, 0.2) is 15.5 Å². The van der Waals surface area contributed by atoms with Gasteiger partial charge in [0, 0.05) is 23.7 Å². The first-order valence-corrected chi connectivity index (χ1v) is 16.0. The number of amides is 1. The van der Waals surface area contributed by atoms with Crippen LogP contribution in [0.2, 0.25) is 0 Å². The fourth-order valence-corrected chi connectivity index (χ4v) is 7.70. The quantitative estimate of drug-likeness (QED) is 0.444. The molecule has 2 aliphatic carbocycles. The standard InChI is InChI=1S/C28H28ClFN4O3S.C2H6.CH4/c29-22-5-2-6-24(12-9-22)34-27-21(13-18-7-10-23(30)11-8-18)16-38(36,37)17-25(27)26(31-34)28(35)32-33-14-19-3-1-4-20(19)15-33;1-2;/h2,5-13,19-20,24H,1,3-4,14-17H2,(H,32,35);1-2H3;1H4/b21-13+;;. The van der Waals surface area contributed by atoms with E-state index < -0.39 is 15.7 Å². The molecule has 10 heteroatoms. The zero-order valence-corrected chi connectivity index (χ0v) is 24.3. The molecule has 6 rings (SSSR count). The van der Waals surface area contributed by atoms with E-state index in [-0.39, 0.29) is 36.5 Å². The Morgan fingerprint density at radius 1 is 1.10 bits per heavy atom. The number of nitrogens with zero attached hydrogens (tertiary/aromatic N) is 3. The van der Waals surface area contributed by atoms with Gasteiger partial charge in [0.1, 0.15) is 5.82 Å². The summed E-state index contributed by atoms with van der Waals surface area (Å²) in [6, 6.07) is 5.46. The van der Waals surface area contributed by atoms with Crippen LogP contribution in [0.25, 0.3) is 11.6 Å². The molecule has 1 aromatic carbocycles. The summed E-state index contributed by atoms with van der Waals surface area (Å²) in [6.07, 6.45) is 14.4. The number of carbonyl (C=O) groups excluding carboxylic acids is 1. The summed E-state index contributed by atoms with van der Waals surface area (Å²) in [7, 11) is -3.56. The fraction of sp³-hybridized carbons (Fsp3) is 0.419. The van der Waals surface area contributed by atoms with Crippen LogP contribution in [-0.2, 0) is 15.6 Å². The SMILES string of the molecule is C.CC.O=C(NN1CC2CCCC2C1)c1nn(C2C=CC=C(Cl)C=C2)c2c1CS(=O)(=O)C/C2=C\c1ccc(F)cc1. The molecule has 1 saturated heterocycles. The molecule has 0 spiro atoms. The van der Waals surface area contributed by atoms with Gasteiger partial charge >= 0.3 is 0 Å². The molecule has 3 heterocycles. The number of fused-ring (bicyclic) bond motifs is 2. The highest BCUT2D eigenvalue weighted by atomic mass is 35.5. The predicted molar refractivity (Wildman–Crippen MR) is 163 cm³/mol. The molecule has 1 amide bonds. The minimum absolute atomic E-state index is 0. The maximum Gasteiger partial charge on any atom is 0.286 e. The van der Waals surface area contributed by atoms with Crippen molar-refractivity contribution in [3.63, 3.8) is 0 Å². The number of rotatable bonds is 4. The van der Waals surface area contributed by atoms with E-state index in [1.165, 1.54) is 31.4 Å². The molecular weight excluding hydrogens is 563 g/mol. The monoisotopic (exact) mass is 600 g/mol. The van der Waals surface area contributed by atoms with Crippen molar-refractivity contribution >= 4 is 39.0 Å². The summed E-state index contributed by atoms with van der Waals surface area (Å²) in [6.45, 7) is 5.59. The van der Waals surface area contributed by atoms with Crippen molar-refractivity contribution in [3.8, 4) is 0 Å². The van der Waals surface area contributed by atoms with Crippen LogP contribution in [0, 0.1) is 17.7 Å². The number of aromatic nitrogens is 2. The average Bonchev–Trinajstić information content (AvgIpc) is 3.57. The Labute approximate surface area is 247 Å².